The normalized spacial score (nSPS) is 11.2. The second-order valence-corrected chi connectivity index (χ2v) is 3.94. The van der Waals surface area contributed by atoms with E-state index in [9.17, 15) is 9.90 Å². The van der Waals surface area contributed by atoms with Gasteiger partial charge in [-0.3, -0.25) is 0 Å². The number of carbonyl (C=O) groups is 1. The van der Waals surface area contributed by atoms with E-state index in [0.29, 0.717) is 18.7 Å². The lowest BCUT2D eigenvalue weighted by Crippen LogP contribution is -2.45. The van der Waals surface area contributed by atoms with E-state index < -0.39 is 11.5 Å². The van der Waals surface area contributed by atoms with Gasteiger partial charge in [0.05, 0.1) is 0 Å². The number of carboxylic acid groups (broad SMARTS) is 1. The number of aryl methyl sites for hydroxylation is 1. The molecule has 1 heterocycles. The lowest BCUT2D eigenvalue weighted by Gasteiger charge is -2.28. The van der Waals surface area contributed by atoms with E-state index in [2.05, 4.69) is 10.3 Å². The molecule has 1 aromatic heterocycles. The van der Waals surface area contributed by atoms with Crippen LogP contribution in [0.25, 0.3) is 0 Å². The van der Waals surface area contributed by atoms with Crippen molar-refractivity contribution in [2.75, 3.05) is 5.32 Å². The Morgan fingerprint density at radius 1 is 1.44 bits per heavy atom. The molecule has 0 aromatic carbocycles. The van der Waals surface area contributed by atoms with Gasteiger partial charge in [0.1, 0.15) is 11.4 Å². The summed E-state index contributed by atoms with van der Waals surface area (Å²) in [5, 5.41) is 12.3. The molecule has 0 atom stereocenters. The van der Waals surface area contributed by atoms with Crippen molar-refractivity contribution in [2.45, 2.75) is 39.2 Å². The van der Waals surface area contributed by atoms with E-state index in [0.717, 1.165) is 5.56 Å². The molecule has 4 heteroatoms. The van der Waals surface area contributed by atoms with Crippen LogP contribution in [-0.2, 0) is 4.79 Å². The van der Waals surface area contributed by atoms with Crippen molar-refractivity contribution in [1.82, 2.24) is 4.98 Å². The molecule has 16 heavy (non-hydrogen) atoms. The first-order valence-electron chi connectivity index (χ1n) is 5.48. The first-order chi connectivity index (χ1) is 7.54. The van der Waals surface area contributed by atoms with Gasteiger partial charge in [-0.15, -0.1) is 0 Å². The van der Waals surface area contributed by atoms with Gasteiger partial charge in [0.2, 0.25) is 0 Å². The van der Waals surface area contributed by atoms with Crippen LogP contribution in [-0.4, -0.2) is 21.6 Å². The number of hydrogen-bond donors (Lipinski definition) is 2. The molecule has 0 fully saturated rings. The molecular formula is C12H18N2O2. The third-order valence-electron chi connectivity index (χ3n) is 2.90. The van der Waals surface area contributed by atoms with Crippen LogP contribution >= 0.6 is 0 Å². The van der Waals surface area contributed by atoms with Crippen molar-refractivity contribution in [3.05, 3.63) is 23.9 Å². The Bertz CT molecular complexity index is 356. The molecule has 1 rings (SSSR count). The highest BCUT2D eigenvalue weighted by molar-refractivity contribution is 5.82. The van der Waals surface area contributed by atoms with Crippen molar-refractivity contribution in [2.24, 2.45) is 0 Å². The number of aliphatic carboxylic acids is 1. The van der Waals surface area contributed by atoms with E-state index in [4.69, 9.17) is 0 Å². The van der Waals surface area contributed by atoms with Gasteiger partial charge >= 0.3 is 5.97 Å². The third kappa shape index (κ3) is 2.51. The van der Waals surface area contributed by atoms with Gasteiger partial charge in [0.15, 0.2) is 0 Å². The van der Waals surface area contributed by atoms with E-state index >= 15 is 0 Å². The maximum Gasteiger partial charge on any atom is 0.329 e. The molecule has 0 aliphatic carbocycles. The molecule has 4 nitrogen and oxygen atoms in total. The maximum atomic E-state index is 11.3. The quantitative estimate of drug-likeness (QED) is 0.803. The summed E-state index contributed by atoms with van der Waals surface area (Å²) in [4.78, 5) is 15.4. The van der Waals surface area contributed by atoms with Crippen LogP contribution in [0, 0.1) is 6.92 Å². The summed E-state index contributed by atoms with van der Waals surface area (Å²) in [6.45, 7) is 5.67. The second-order valence-electron chi connectivity index (χ2n) is 3.94. The number of carboxylic acids is 1. The Kier molecular flexibility index (Phi) is 3.88. The molecule has 0 aliphatic rings. The fourth-order valence-corrected chi connectivity index (χ4v) is 1.57. The lowest BCUT2D eigenvalue weighted by atomic mass is 9.93. The van der Waals surface area contributed by atoms with Crippen LogP contribution in [0.5, 0.6) is 0 Å². The Morgan fingerprint density at radius 3 is 2.44 bits per heavy atom. The van der Waals surface area contributed by atoms with Gasteiger partial charge in [-0.05, 0) is 31.4 Å². The smallest absolute Gasteiger partial charge is 0.329 e. The molecule has 0 saturated heterocycles. The Labute approximate surface area is 95.7 Å². The van der Waals surface area contributed by atoms with Crippen molar-refractivity contribution in [1.29, 1.82) is 0 Å². The Hall–Kier alpha value is -1.58. The zero-order chi connectivity index (χ0) is 12.2. The third-order valence-corrected chi connectivity index (χ3v) is 2.90. The molecule has 0 radical (unpaired) electrons. The number of rotatable bonds is 5. The van der Waals surface area contributed by atoms with Crippen LogP contribution < -0.4 is 5.32 Å². The molecule has 0 spiro atoms. The largest absolute Gasteiger partial charge is 0.480 e. The molecule has 0 amide bonds. The lowest BCUT2D eigenvalue weighted by molar-refractivity contribution is -0.142. The van der Waals surface area contributed by atoms with Crippen LogP contribution in [0.1, 0.15) is 32.3 Å². The summed E-state index contributed by atoms with van der Waals surface area (Å²) >= 11 is 0. The van der Waals surface area contributed by atoms with Crippen molar-refractivity contribution < 1.29 is 9.90 Å². The minimum atomic E-state index is -0.914. The molecule has 0 saturated carbocycles. The second kappa shape index (κ2) is 4.96. The summed E-state index contributed by atoms with van der Waals surface area (Å²) < 4.78 is 0. The van der Waals surface area contributed by atoms with Gasteiger partial charge in [0.25, 0.3) is 0 Å². The molecule has 2 N–H and O–H groups in total. The highest BCUT2D eigenvalue weighted by Crippen LogP contribution is 2.21. The predicted octanol–water partition coefficient (Wildman–Crippen LogP) is 2.45. The molecule has 0 bridgehead atoms. The molecule has 0 unspecified atom stereocenters. The molecule has 1 aromatic rings. The van der Waals surface area contributed by atoms with Crippen LogP contribution in [0.4, 0.5) is 5.82 Å². The molecule has 0 aliphatic heterocycles. The van der Waals surface area contributed by atoms with Gasteiger partial charge < -0.3 is 10.4 Å². The van der Waals surface area contributed by atoms with E-state index in [-0.39, 0.29) is 0 Å². The zero-order valence-corrected chi connectivity index (χ0v) is 9.95. The highest BCUT2D eigenvalue weighted by Gasteiger charge is 2.34. The summed E-state index contributed by atoms with van der Waals surface area (Å²) in [5.74, 6) is -0.225. The summed E-state index contributed by atoms with van der Waals surface area (Å²) in [5.41, 5.74) is 0.141. The van der Waals surface area contributed by atoms with Crippen LogP contribution in [0.15, 0.2) is 18.3 Å². The van der Waals surface area contributed by atoms with E-state index in [1.807, 2.05) is 26.8 Å². The summed E-state index contributed by atoms with van der Waals surface area (Å²) in [6.07, 6.45) is 2.77. The van der Waals surface area contributed by atoms with E-state index in [1.165, 1.54) is 0 Å². The first kappa shape index (κ1) is 12.5. The Balaban J connectivity index is 2.91. The van der Waals surface area contributed by atoms with Crippen LogP contribution in [0.3, 0.4) is 0 Å². The summed E-state index contributed by atoms with van der Waals surface area (Å²) in [6, 6.07) is 3.71. The fraction of sp³-hybridized carbons (Fsp3) is 0.500. The topological polar surface area (TPSA) is 62.2 Å². The maximum absolute atomic E-state index is 11.3. The van der Waals surface area contributed by atoms with Gasteiger partial charge in [-0.2, -0.15) is 0 Å². The molecular weight excluding hydrogens is 204 g/mol. The van der Waals surface area contributed by atoms with Crippen molar-refractivity contribution >= 4 is 11.8 Å². The average Bonchev–Trinajstić information content (AvgIpc) is 2.28. The van der Waals surface area contributed by atoms with Crippen molar-refractivity contribution in [3.8, 4) is 0 Å². The zero-order valence-electron chi connectivity index (χ0n) is 9.95. The van der Waals surface area contributed by atoms with Crippen LogP contribution in [0.2, 0.25) is 0 Å². The van der Waals surface area contributed by atoms with Gasteiger partial charge in [-0.1, -0.05) is 19.9 Å². The predicted molar refractivity (Wildman–Crippen MR) is 63.5 cm³/mol. The number of pyridine rings is 1. The number of nitrogens with zero attached hydrogens (tertiary/aromatic N) is 1. The summed E-state index contributed by atoms with van der Waals surface area (Å²) in [7, 11) is 0. The number of anilines is 1. The standard InChI is InChI=1S/C12H18N2O2/c1-4-12(5-2,11(15)16)14-10-7-6-9(3)8-13-10/h6-8H,4-5H2,1-3H3,(H,13,14)(H,15,16). The molecule has 88 valence electrons. The number of aromatic nitrogens is 1. The number of nitrogens with one attached hydrogen (secondary N) is 1. The monoisotopic (exact) mass is 222 g/mol. The minimum absolute atomic E-state index is 0.522. The average molecular weight is 222 g/mol. The first-order valence-corrected chi connectivity index (χ1v) is 5.48. The highest BCUT2D eigenvalue weighted by atomic mass is 16.4. The number of hydrogen-bond acceptors (Lipinski definition) is 3. The van der Waals surface area contributed by atoms with Crippen molar-refractivity contribution in [3.63, 3.8) is 0 Å². The van der Waals surface area contributed by atoms with E-state index in [1.54, 1.807) is 12.3 Å². The van der Waals surface area contributed by atoms with Gasteiger partial charge in [-0.25, -0.2) is 9.78 Å². The minimum Gasteiger partial charge on any atom is -0.480 e. The fourth-order valence-electron chi connectivity index (χ4n) is 1.57. The Morgan fingerprint density at radius 2 is 2.06 bits per heavy atom. The van der Waals surface area contributed by atoms with Gasteiger partial charge in [0, 0.05) is 6.20 Å². The SMILES string of the molecule is CCC(CC)(Nc1ccc(C)cn1)C(=O)O.